The molecule has 0 bridgehead atoms. The molecule has 0 saturated carbocycles. The van der Waals surface area contributed by atoms with E-state index >= 15 is 0 Å². The van der Waals surface area contributed by atoms with E-state index in [1.165, 1.54) is 11.3 Å². The molecule has 1 fully saturated rings. The lowest BCUT2D eigenvalue weighted by atomic mass is 10.1. The van der Waals surface area contributed by atoms with Crippen molar-refractivity contribution in [2.24, 2.45) is 4.99 Å². The third-order valence-corrected chi connectivity index (χ3v) is 5.19. The van der Waals surface area contributed by atoms with Crippen molar-refractivity contribution in [2.45, 2.75) is 26.8 Å². The normalized spacial score (nSPS) is 14.8. The fourth-order valence-corrected chi connectivity index (χ4v) is 3.61. The summed E-state index contributed by atoms with van der Waals surface area (Å²) in [7, 11) is 1.84. The number of halogens is 2. The van der Waals surface area contributed by atoms with E-state index in [4.69, 9.17) is 11.6 Å². The van der Waals surface area contributed by atoms with Crippen LogP contribution in [0.5, 0.6) is 0 Å². The fourth-order valence-electron chi connectivity index (χ4n) is 3.44. The van der Waals surface area contributed by atoms with Crippen LogP contribution >= 0.6 is 35.6 Å². The molecule has 0 unspecified atom stereocenters. The zero-order valence-corrected chi connectivity index (χ0v) is 19.8. The first-order valence-corrected chi connectivity index (χ1v) is 9.83. The summed E-state index contributed by atoms with van der Waals surface area (Å²) in [6, 6.07) is 6.09. The molecule has 9 heteroatoms. The molecule has 154 valence electrons. The van der Waals surface area contributed by atoms with Crippen LogP contribution < -0.4 is 10.2 Å². The van der Waals surface area contributed by atoms with E-state index < -0.39 is 0 Å². The first-order valence-electron chi connectivity index (χ1n) is 9.45. The Labute approximate surface area is 189 Å². The van der Waals surface area contributed by atoms with Gasteiger partial charge in [-0.1, -0.05) is 24.6 Å². The maximum Gasteiger partial charge on any atom is 0.193 e. The van der Waals surface area contributed by atoms with Gasteiger partial charge in [0.2, 0.25) is 0 Å². The third kappa shape index (κ3) is 5.50. The van der Waals surface area contributed by atoms with E-state index in [1.807, 2.05) is 13.1 Å². The molecule has 7 nitrogen and oxygen atoms in total. The number of anilines is 1. The molecule has 0 radical (unpaired) electrons. The summed E-state index contributed by atoms with van der Waals surface area (Å²) in [6.45, 7) is 9.61. The van der Waals surface area contributed by atoms with Gasteiger partial charge in [0, 0.05) is 63.4 Å². The van der Waals surface area contributed by atoms with Crippen LogP contribution in [0.4, 0.5) is 5.69 Å². The van der Waals surface area contributed by atoms with Crippen molar-refractivity contribution < 1.29 is 0 Å². The molecule has 1 aromatic carbocycles. The summed E-state index contributed by atoms with van der Waals surface area (Å²) in [5.74, 6) is 1.96. The highest BCUT2D eigenvalue weighted by Gasteiger charge is 2.20. The standard InChI is InChI=1S/C19H28ClN7.HI/c1-4-18-24-23-14-27(18)8-7-22-19(21-3)26-11-9-25(10-12-26)17-13-16(20)6-5-15(17)2;/h5-6,13-14H,4,7-12H2,1-3H3,(H,21,22);1H. The van der Waals surface area contributed by atoms with Crippen LogP contribution in [0.1, 0.15) is 18.3 Å². The molecule has 0 aliphatic carbocycles. The quantitative estimate of drug-likeness (QED) is 0.375. The molecular formula is C19H29ClIN7. The van der Waals surface area contributed by atoms with Gasteiger partial charge in [-0.3, -0.25) is 4.99 Å². The van der Waals surface area contributed by atoms with E-state index in [9.17, 15) is 0 Å². The maximum atomic E-state index is 6.18. The number of aromatic nitrogens is 3. The van der Waals surface area contributed by atoms with Crippen molar-refractivity contribution in [3.63, 3.8) is 0 Å². The monoisotopic (exact) mass is 517 g/mol. The highest BCUT2D eigenvalue weighted by molar-refractivity contribution is 14.0. The highest BCUT2D eigenvalue weighted by atomic mass is 127. The summed E-state index contributed by atoms with van der Waals surface area (Å²) in [5.41, 5.74) is 2.49. The molecule has 1 aliphatic rings. The van der Waals surface area contributed by atoms with Crippen LogP contribution in [0, 0.1) is 6.92 Å². The lowest BCUT2D eigenvalue weighted by Crippen LogP contribution is -2.53. The Hall–Kier alpha value is -1.55. The van der Waals surface area contributed by atoms with Crippen molar-refractivity contribution >= 4 is 47.2 Å². The van der Waals surface area contributed by atoms with E-state index in [0.717, 1.165) is 62.5 Å². The van der Waals surface area contributed by atoms with Crippen molar-refractivity contribution in [3.05, 3.63) is 40.9 Å². The van der Waals surface area contributed by atoms with E-state index in [0.29, 0.717) is 0 Å². The van der Waals surface area contributed by atoms with Gasteiger partial charge in [0.1, 0.15) is 12.2 Å². The van der Waals surface area contributed by atoms with Gasteiger partial charge in [0.25, 0.3) is 0 Å². The Morgan fingerprint density at radius 1 is 1.25 bits per heavy atom. The highest BCUT2D eigenvalue weighted by Crippen LogP contribution is 2.25. The van der Waals surface area contributed by atoms with Gasteiger partial charge in [-0.05, 0) is 24.6 Å². The van der Waals surface area contributed by atoms with Gasteiger partial charge in [0.15, 0.2) is 5.96 Å². The van der Waals surface area contributed by atoms with Crippen molar-refractivity contribution in [3.8, 4) is 0 Å². The van der Waals surface area contributed by atoms with Crippen molar-refractivity contribution in [1.29, 1.82) is 0 Å². The minimum absolute atomic E-state index is 0. The van der Waals surface area contributed by atoms with Gasteiger partial charge in [-0.2, -0.15) is 0 Å². The summed E-state index contributed by atoms with van der Waals surface area (Å²) in [5, 5.41) is 12.4. The number of piperazine rings is 1. The van der Waals surface area contributed by atoms with Crippen LogP contribution in [0.25, 0.3) is 0 Å². The Kier molecular flexibility index (Phi) is 8.81. The Bertz CT molecular complexity index is 784. The smallest absolute Gasteiger partial charge is 0.193 e. The van der Waals surface area contributed by atoms with Crippen LogP contribution in [0.2, 0.25) is 5.02 Å². The molecule has 1 aromatic heterocycles. The third-order valence-electron chi connectivity index (χ3n) is 4.95. The lowest BCUT2D eigenvalue weighted by molar-refractivity contribution is 0.371. The molecule has 0 spiro atoms. The molecular weight excluding hydrogens is 489 g/mol. The topological polar surface area (TPSA) is 61.6 Å². The summed E-state index contributed by atoms with van der Waals surface area (Å²) >= 11 is 6.18. The van der Waals surface area contributed by atoms with Crippen LogP contribution in [0.3, 0.4) is 0 Å². The average Bonchev–Trinajstić information content (AvgIpc) is 3.15. The second kappa shape index (κ2) is 10.8. The van der Waals surface area contributed by atoms with Crippen molar-refractivity contribution in [2.75, 3.05) is 44.7 Å². The predicted molar refractivity (Wildman–Crippen MR) is 126 cm³/mol. The van der Waals surface area contributed by atoms with Crippen molar-refractivity contribution in [1.82, 2.24) is 25.0 Å². The zero-order chi connectivity index (χ0) is 19.2. The Morgan fingerprint density at radius 3 is 2.68 bits per heavy atom. The molecule has 3 rings (SSSR count). The number of nitrogens with zero attached hydrogens (tertiary/aromatic N) is 6. The molecule has 0 amide bonds. The maximum absolute atomic E-state index is 6.18. The molecule has 1 aliphatic heterocycles. The van der Waals surface area contributed by atoms with E-state index in [1.54, 1.807) is 6.33 Å². The molecule has 2 heterocycles. The van der Waals surface area contributed by atoms with Gasteiger partial charge in [-0.25, -0.2) is 0 Å². The Balaban J connectivity index is 0.00000280. The minimum atomic E-state index is 0. The summed E-state index contributed by atoms with van der Waals surface area (Å²) in [4.78, 5) is 9.16. The average molecular weight is 518 g/mol. The number of hydrogen-bond acceptors (Lipinski definition) is 4. The lowest BCUT2D eigenvalue weighted by Gasteiger charge is -2.38. The number of rotatable bonds is 5. The molecule has 2 aromatic rings. The number of aliphatic imine (C=N–C) groups is 1. The molecule has 1 saturated heterocycles. The summed E-state index contributed by atoms with van der Waals surface area (Å²) < 4.78 is 2.08. The van der Waals surface area contributed by atoms with Gasteiger partial charge < -0.3 is 19.7 Å². The fraction of sp³-hybridized carbons (Fsp3) is 0.526. The van der Waals surface area contributed by atoms with Gasteiger partial charge in [0.05, 0.1) is 0 Å². The van der Waals surface area contributed by atoms with Crippen LogP contribution in [0.15, 0.2) is 29.5 Å². The first kappa shape index (κ1) is 22.7. The number of hydrogen-bond donors (Lipinski definition) is 1. The minimum Gasteiger partial charge on any atom is -0.368 e. The Morgan fingerprint density at radius 2 is 2.00 bits per heavy atom. The SMILES string of the molecule is CCc1nncn1CCNC(=NC)N1CCN(c2cc(Cl)ccc2C)CC1.I. The zero-order valence-electron chi connectivity index (χ0n) is 16.7. The first-order chi connectivity index (χ1) is 13.1. The number of guanidine groups is 1. The molecule has 0 atom stereocenters. The largest absolute Gasteiger partial charge is 0.368 e. The van der Waals surface area contributed by atoms with E-state index in [-0.39, 0.29) is 24.0 Å². The summed E-state index contributed by atoms with van der Waals surface area (Å²) in [6.07, 6.45) is 2.68. The predicted octanol–water partition coefficient (Wildman–Crippen LogP) is 2.82. The van der Waals surface area contributed by atoms with Gasteiger partial charge in [-0.15, -0.1) is 34.2 Å². The molecule has 1 N–H and O–H groups in total. The number of aryl methyl sites for hydroxylation is 2. The number of nitrogens with one attached hydrogen (secondary N) is 1. The van der Waals surface area contributed by atoms with E-state index in [2.05, 4.69) is 60.9 Å². The number of benzene rings is 1. The van der Waals surface area contributed by atoms with Gasteiger partial charge >= 0.3 is 0 Å². The van der Waals surface area contributed by atoms with Crippen LogP contribution in [-0.2, 0) is 13.0 Å². The second-order valence-corrected chi connectivity index (χ2v) is 7.11. The second-order valence-electron chi connectivity index (χ2n) is 6.67. The van der Waals surface area contributed by atoms with Crippen LogP contribution in [-0.4, -0.2) is 65.4 Å². The molecule has 28 heavy (non-hydrogen) atoms.